The van der Waals surface area contributed by atoms with E-state index in [0.717, 1.165) is 0 Å². The molecule has 2 rings (SSSR count). The summed E-state index contributed by atoms with van der Waals surface area (Å²) < 4.78 is 0. The molecule has 0 aromatic carbocycles. The minimum Gasteiger partial charge on any atom is -0.411 e. The summed E-state index contributed by atoms with van der Waals surface area (Å²) in [7, 11) is 0. The van der Waals surface area contributed by atoms with Crippen molar-refractivity contribution in [1.82, 2.24) is 0 Å². The van der Waals surface area contributed by atoms with Crippen LogP contribution in [0.4, 0.5) is 0 Å². The highest BCUT2D eigenvalue weighted by molar-refractivity contribution is 5.85. The van der Waals surface area contributed by atoms with Gasteiger partial charge in [-0.15, -0.1) is 0 Å². The highest BCUT2D eigenvalue weighted by Gasteiger charge is 2.59. The van der Waals surface area contributed by atoms with Crippen LogP contribution < -0.4 is 0 Å². The lowest BCUT2D eigenvalue weighted by Crippen LogP contribution is -2.57. The largest absolute Gasteiger partial charge is 0.411 e. The zero-order valence-electron chi connectivity index (χ0n) is 19.0. The molecule has 0 saturated heterocycles. The molecule has 0 bridgehead atoms. The van der Waals surface area contributed by atoms with Crippen LogP contribution in [0.2, 0.25) is 0 Å². The number of oxime groups is 2. The molecule has 32 heavy (non-hydrogen) atoms. The number of aliphatic hydroxyl groups is 2. The van der Waals surface area contributed by atoms with Crippen LogP contribution in [0.1, 0.15) is 79.1 Å². The SMILES string of the molecule is CC(=NO)C1CC(CCC2([N+](=O)[O-])CCC(C)(O)C(C(C)=NO)C2)([N+](=O)[O-])CCC1(C)O. The monoisotopic (exact) mass is 458 g/mol. The topological polar surface area (TPSA) is 192 Å². The molecule has 0 aliphatic heterocycles. The van der Waals surface area contributed by atoms with Crippen molar-refractivity contribution in [2.24, 2.45) is 22.1 Å². The molecule has 12 heteroatoms. The van der Waals surface area contributed by atoms with Gasteiger partial charge >= 0.3 is 0 Å². The minimum absolute atomic E-state index is 0.0360. The minimum atomic E-state index is -1.52. The van der Waals surface area contributed by atoms with Crippen LogP contribution in [0.5, 0.6) is 0 Å². The average molecular weight is 459 g/mol. The zero-order valence-corrected chi connectivity index (χ0v) is 19.0. The molecule has 0 aromatic rings. The molecule has 2 aliphatic rings. The smallest absolute Gasteiger partial charge is 0.223 e. The van der Waals surface area contributed by atoms with E-state index in [1.165, 1.54) is 13.8 Å². The summed E-state index contributed by atoms with van der Waals surface area (Å²) in [5.74, 6) is -1.52. The van der Waals surface area contributed by atoms with E-state index in [9.17, 15) is 40.9 Å². The Morgan fingerprint density at radius 2 is 1.12 bits per heavy atom. The van der Waals surface area contributed by atoms with Gasteiger partial charge in [-0.2, -0.15) is 0 Å². The van der Waals surface area contributed by atoms with Crippen LogP contribution in [0, 0.1) is 32.1 Å². The first-order chi connectivity index (χ1) is 14.7. The molecule has 0 radical (unpaired) electrons. The van der Waals surface area contributed by atoms with Gasteiger partial charge in [0.25, 0.3) is 0 Å². The molecule has 0 aromatic heterocycles. The maximum absolute atomic E-state index is 12.2. The van der Waals surface area contributed by atoms with Gasteiger partial charge in [-0.1, -0.05) is 10.3 Å². The van der Waals surface area contributed by atoms with Crippen molar-refractivity contribution in [3.8, 4) is 0 Å². The van der Waals surface area contributed by atoms with E-state index in [1.54, 1.807) is 13.8 Å². The number of hydrogen-bond acceptors (Lipinski definition) is 10. The van der Waals surface area contributed by atoms with Gasteiger partial charge in [-0.3, -0.25) is 20.2 Å². The van der Waals surface area contributed by atoms with E-state index < -0.39 is 44.0 Å². The first-order valence-electron chi connectivity index (χ1n) is 10.8. The summed E-state index contributed by atoms with van der Waals surface area (Å²) in [5, 5.41) is 70.4. The molecular weight excluding hydrogens is 424 g/mol. The molecule has 12 nitrogen and oxygen atoms in total. The van der Waals surface area contributed by atoms with Crippen LogP contribution in [-0.2, 0) is 0 Å². The predicted molar refractivity (Wildman–Crippen MR) is 114 cm³/mol. The second-order valence-electron chi connectivity index (χ2n) is 10.2. The highest BCUT2D eigenvalue weighted by Crippen LogP contribution is 2.48. The molecule has 0 heterocycles. The molecule has 6 atom stereocenters. The Hall–Kier alpha value is -2.34. The molecule has 4 N–H and O–H groups in total. The van der Waals surface area contributed by atoms with Crippen molar-refractivity contribution in [3.05, 3.63) is 20.2 Å². The van der Waals surface area contributed by atoms with Crippen LogP contribution in [0.25, 0.3) is 0 Å². The van der Waals surface area contributed by atoms with E-state index in [4.69, 9.17) is 0 Å². The van der Waals surface area contributed by atoms with Crippen molar-refractivity contribution in [1.29, 1.82) is 0 Å². The fraction of sp³-hybridized carbons (Fsp3) is 0.900. The second-order valence-corrected chi connectivity index (χ2v) is 10.2. The van der Waals surface area contributed by atoms with Gasteiger partial charge in [0.15, 0.2) is 0 Å². The van der Waals surface area contributed by atoms with Gasteiger partial charge in [0.05, 0.1) is 22.6 Å². The van der Waals surface area contributed by atoms with Crippen molar-refractivity contribution < 1.29 is 30.5 Å². The number of nitro groups is 2. The number of rotatable bonds is 7. The van der Waals surface area contributed by atoms with Gasteiger partial charge in [0, 0.05) is 60.2 Å². The predicted octanol–water partition coefficient (Wildman–Crippen LogP) is 2.60. The summed E-state index contributed by atoms with van der Waals surface area (Å²) in [4.78, 5) is 23.5. The van der Waals surface area contributed by atoms with Crippen LogP contribution in [0.3, 0.4) is 0 Å². The van der Waals surface area contributed by atoms with E-state index in [0.29, 0.717) is 0 Å². The Balaban J connectivity index is 2.36. The molecule has 6 unspecified atom stereocenters. The summed E-state index contributed by atoms with van der Waals surface area (Å²) in [6.07, 6.45) is -0.158. The van der Waals surface area contributed by atoms with Crippen molar-refractivity contribution in [2.45, 2.75) is 101 Å². The summed E-state index contributed by atoms with van der Waals surface area (Å²) in [6, 6.07) is 0. The maximum Gasteiger partial charge on any atom is 0.223 e. The Kier molecular flexibility index (Phi) is 7.20. The van der Waals surface area contributed by atoms with Gasteiger partial charge < -0.3 is 20.6 Å². The first-order valence-corrected chi connectivity index (χ1v) is 10.8. The number of hydrogen-bond donors (Lipinski definition) is 4. The molecule has 2 aliphatic carbocycles. The fourth-order valence-electron chi connectivity index (χ4n) is 5.49. The molecule has 2 saturated carbocycles. The van der Waals surface area contributed by atoms with E-state index in [1.807, 2.05) is 0 Å². The number of nitrogens with zero attached hydrogens (tertiary/aromatic N) is 4. The lowest BCUT2D eigenvalue weighted by molar-refractivity contribution is -0.596. The third kappa shape index (κ3) is 4.70. The third-order valence-electron chi connectivity index (χ3n) is 8.02. The van der Waals surface area contributed by atoms with Crippen molar-refractivity contribution in [3.63, 3.8) is 0 Å². The van der Waals surface area contributed by atoms with Crippen molar-refractivity contribution in [2.75, 3.05) is 0 Å². The van der Waals surface area contributed by atoms with Gasteiger partial charge in [-0.05, 0) is 40.5 Å². The summed E-state index contributed by atoms with van der Waals surface area (Å²) in [5.41, 5.74) is -5.27. The average Bonchev–Trinajstić information content (AvgIpc) is 2.72. The Labute approximate surface area is 186 Å². The van der Waals surface area contributed by atoms with Crippen molar-refractivity contribution >= 4 is 11.4 Å². The Morgan fingerprint density at radius 1 is 0.812 bits per heavy atom. The van der Waals surface area contributed by atoms with Crippen LogP contribution in [0.15, 0.2) is 10.3 Å². The Bertz CT molecular complexity index is 745. The van der Waals surface area contributed by atoms with E-state index in [2.05, 4.69) is 10.3 Å². The molecule has 0 amide bonds. The second kappa shape index (κ2) is 8.89. The normalized spacial score (nSPS) is 41.3. The highest BCUT2D eigenvalue weighted by atomic mass is 16.6. The summed E-state index contributed by atoms with van der Waals surface area (Å²) in [6.45, 7) is 6.05. The van der Waals surface area contributed by atoms with E-state index >= 15 is 0 Å². The quantitative estimate of drug-likeness (QED) is 0.193. The molecule has 182 valence electrons. The van der Waals surface area contributed by atoms with Crippen LogP contribution >= 0.6 is 0 Å². The van der Waals surface area contributed by atoms with Gasteiger partial charge in [-0.25, -0.2) is 0 Å². The van der Waals surface area contributed by atoms with Gasteiger partial charge in [0.2, 0.25) is 11.1 Å². The standard InChI is InChI=1S/C20H34N4O8/c1-13(21-27)15-11-19(23(29)30,7-5-17(15,3)25)9-10-20(24(31)32)8-6-18(4,26)16(12-20)14(2)22-28/h15-16,25-28H,5-12H2,1-4H3. The third-order valence-corrected chi connectivity index (χ3v) is 8.02. The zero-order chi connectivity index (χ0) is 24.5. The molecular formula is C20H34N4O8. The first kappa shape index (κ1) is 25.9. The molecule has 2 fully saturated rings. The van der Waals surface area contributed by atoms with Gasteiger partial charge in [0.1, 0.15) is 0 Å². The lowest BCUT2D eigenvalue weighted by Gasteiger charge is -2.45. The molecule has 0 spiro atoms. The van der Waals surface area contributed by atoms with E-state index in [-0.39, 0.29) is 62.8 Å². The van der Waals surface area contributed by atoms with Crippen LogP contribution in [-0.4, -0.2) is 64.2 Å². The Morgan fingerprint density at radius 3 is 1.38 bits per heavy atom. The lowest BCUT2D eigenvalue weighted by atomic mass is 9.61. The summed E-state index contributed by atoms with van der Waals surface area (Å²) >= 11 is 0. The maximum atomic E-state index is 12.2. The fourth-order valence-corrected chi connectivity index (χ4v) is 5.49.